The van der Waals surface area contributed by atoms with Gasteiger partial charge < -0.3 is 19.2 Å². The molecule has 8 heteroatoms. The Kier molecular flexibility index (Phi) is 6.82. The lowest BCUT2D eigenvalue weighted by Gasteiger charge is -2.12. The molecule has 4 rings (SSSR count). The van der Waals surface area contributed by atoms with E-state index in [1.54, 1.807) is 60.8 Å². The minimum absolute atomic E-state index is 0.247. The molecule has 0 bridgehead atoms. The standard InChI is InChI=1S/C27H23FN2O5/c1-33-24-13-17(14-25(34-2)26(24)35-3)7-12-23(31)19-5-4-6-21(15-19)30-16-22(29-27(30)32)18-8-10-20(28)11-9-18/h4-16H,1-3H3,(H,29,32)/b12-7+. The van der Waals surface area contributed by atoms with E-state index in [4.69, 9.17) is 14.2 Å². The van der Waals surface area contributed by atoms with Gasteiger partial charge in [0.2, 0.25) is 5.75 Å². The normalized spacial score (nSPS) is 11.0. The smallest absolute Gasteiger partial charge is 0.330 e. The maximum Gasteiger partial charge on any atom is 0.330 e. The highest BCUT2D eigenvalue weighted by molar-refractivity contribution is 6.07. The van der Waals surface area contributed by atoms with E-state index in [-0.39, 0.29) is 17.3 Å². The number of ketones is 1. The summed E-state index contributed by atoms with van der Waals surface area (Å²) in [4.78, 5) is 28.2. The summed E-state index contributed by atoms with van der Waals surface area (Å²) in [5, 5.41) is 0. The topological polar surface area (TPSA) is 82.6 Å². The van der Waals surface area contributed by atoms with E-state index < -0.39 is 0 Å². The first-order valence-electron chi connectivity index (χ1n) is 10.6. The number of halogens is 1. The number of hydrogen-bond donors (Lipinski definition) is 1. The summed E-state index contributed by atoms with van der Waals surface area (Å²) in [7, 11) is 4.56. The summed E-state index contributed by atoms with van der Waals surface area (Å²) < 4.78 is 30.6. The second-order valence-corrected chi connectivity index (χ2v) is 7.56. The fraction of sp³-hybridized carbons (Fsp3) is 0.111. The molecule has 0 aliphatic heterocycles. The van der Waals surface area contributed by atoms with Crippen molar-refractivity contribution in [2.24, 2.45) is 0 Å². The first kappa shape index (κ1) is 23.6. The van der Waals surface area contributed by atoms with Gasteiger partial charge >= 0.3 is 5.69 Å². The molecule has 178 valence electrons. The number of allylic oxidation sites excluding steroid dienone is 1. The van der Waals surface area contributed by atoms with Crippen LogP contribution in [0.5, 0.6) is 17.2 Å². The lowest BCUT2D eigenvalue weighted by Crippen LogP contribution is -2.14. The Hall–Kier alpha value is -4.59. The number of benzene rings is 3. The van der Waals surface area contributed by atoms with Gasteiger partial charge in [-0.1, -0.05) is 18.2 Å². The van der Waals surface area contributed by atoms with Gasteiger partial charge in [0.15, 0.2) is 17.3 Å². The van der Waals surface area contributed by atoms with Crippen molar-refractivity contribution in [1.82, 2.24) is 9.55 Å². The molecule has 0 aliphatic rings. The molecule has 4 aromatic rings. The van der Waals surface area contributed by atoms with Crippen molar-refractivity contribution in [2.75, 3.05) is 21.3 Å². The minimum Gasteiger partial charge on any atom is -0.493 e. The first-order chi connectivity index (χ1) is 16.9. The number of nitrogens with one attached hydrogen (secondary N) is 1. The summed E-state index contributed by atoms with van der Waals surface area (Å²) in [5.41, 5.74) is 2.45. The van der Waals surface area contributed by atoms with Crippen molar-refractivity contribution in [3.8, 4) is 34.2 Å². The highest BCUT2D eigenvalue weighted by Crippen LogP contribution is 2.38. The average Bonchev–Trinajstić information content (AvgIpc) is 3.28. The summed E-state index contributed by atoms with van der Waals surface area (Å²) in [6, 6.07) is 16.0. The molecule has 1 heterocycles. The third-order valence-corrected chi connectivity index (χ3v) is 5.40. The van der Waals surface area contributed by atoms with Gasteiger partial charge in [-0.05, 0) is 65.7 Å². The Bertz CT molecular complexity index is 1430. The van der Waals surface area contributed by atoms with E-state index >= 15 is 0 Å². The zero-order chi connectivity index (χ0) is 24.9. The molecule has 0 amide bonds. The number of hydrogen-bond acceptors (Lipinski definition) is 5. The second-order valence-electron chi connectivity index (χ2n) is 7.56. The van der Waals surface area contributed by atoms with Gasteiger partial charge in [0.1, 0.15) is 5.82 Å². The van der Waals surface area contributed by atoms with E-state index in [9.17, 15) is 14.0 Å². The number of ether oxygens (including phenoxy) is 3. The summed E-state index contributed by atoms with van der Waals surface area (Å²) in [6.45, 7) is 0. The van der Waals surface area contributed by atoms with E-state index in [1.165, 1.54) is 44.1 Å². The fourth-order valence-corrected chi connectivity index (χ4v) is 3.64. The minimum atomic E-state index is -0.373. The quantitative estimate of drug-likeness (QED) is 0.290. The van der Waals surface area contributed by atoms with Crippen LogP contribution in [0, 0.1) is 5.82 Å². The van der Waals surface area contributed by atoms with Crippen LogP contribution in [0.1, 0.15) is 15.9 Å². The van der Waals surface area contributed by atoms with Crippen molar-refractivity contribution >= 4 is 11.9 Å². The molecule has 0 saturated heterocycles. The number of rotatable bonds is 8. The summed E-state index contributed by atoms with van der Waals surface area (Å²) in [5.74, 6) is 0.807. The fourth-order valence-electron chi connectivity index (χ4n) is 3.64. The number of imidazole rings is 1. The SMILES string of the molecule is COc1cc(/C=C/C(=O)c2cccc(-n3cc(-c4ccc(F)cc4)[nH]c3=O)c2)cc(OC)c1OC. The molecule has 1 N–H and O–H groups in total. The van der Waals surface area contributed by atoms with Crippen LogP contribution in [0.15, 0.2) is 77.7 Å². The molecule has 0 fully saturated rings. The Morgan fingerprint density at radius 1 is 0.943 bits per heavy atom. The lowest BCUT2D eigenvalue weighted by molar-refractivity contribution is 0.104. The van der Waals surface area contributed by atoms with Crippen molar-refractivity contribution in [3.05, 3.63) is 100 Å². The Morgan fingerprint density at radius 3 is 2.26 bits per heavy atom. The van der Waals surface area contributed by atoms with Crippen LogP contribution in [-0.2, 0) is 0 Å². The number of H-pyrrole nitrogens is 1. The second kappa shape index (κ2) is 10.1. The van der Waals surface area contributed by atoms with Crippen molar-refractivity contribution in [1.29, 1.82) is 0 Å². The summed E-state index contributed by atoms with van der Waals surface area (Å²) in [6.07, 6.45) is 4.70. The first-order valence-corrected chi connectivity index (χ1v) is 10.6. The van der Waals surface area contributed by atoms with Gasteiger partial charge in [-0.15, -0.1) is 0 Å². The van der Waals surface area contributed by atoms with Crippen LogP contribution in [-0.4, -0.2) is 36.7 Å². The largest absolute Gasteiger partial charge is 0.493 e. The predicted octanol–water partition coefficient (Wildman–Crippen LogP) is 4.89. The molecule has 0 spiro atoms. The number of carbonyl (C=O) groups excluding carboxylic acids is 1. The number of methoxy groups -OCH3 is 3. The van der Waals surface area contributed by atoms with E-state index in [0.29, 0.717) is 45.3 Å². The van der Waals surface area contributed by atoms with Gasteiger partial charge in [-0.3, -0.25) is 9.36 Å². The lowest BCUT2D eigenvalue weighted by atomic mass is 10.1. The van der Waals surface area contributed by atoms with Crippen molar-refractivity contribution in [2.45, 2.75) is 0 Å². The van der Waals surface area contributed by atoms with Crippen LogP contribution in [0.3, 0.4) is 0 Å². The third kappa shape index (κ3) is 5.01. The van der Waals surface area contributed by atoms with Gasteiger partial charge in [0.25, 0.3) is 0 Å². The predicted molar refractivity (Wildman–Crippen MR) is 131 cm³/mol. The highest BCUT2D eigenvalue weighted by Gasteiger charge is 2.13. The molecular formula is C27H23FN2O5. The highest BCUT2D eigenvalue weighted by atomic mass is 19.1. The number of carbonyl (C=O) groups is 1. The molecule has 0 aliphatic carbocycles. The maximum atomic E-state index is 13.2. The van der Waals surface area contributed by atoms with Gasteiger partial charge in [0.05, 0.1) is 32.7 Å². The Labute approximate surface area is 201 Å². The van der Waals surface area contributed by atoms with Gasteiger partial charge in [-0.2, -0.15) is 0 Å². The zero-order valence-corrected chi connectivity index (χ0v) is 19.4. The number of aromatic nitrogens is 2. The van der Waals surface area contributed by atoms with E-state index in [2.05, 4.69) is 4.98 Å². The van der Waals surface area contributed by atoms with E-state index in [0.717, 1.165) is 0 Å². The number of aromatic amines is 1. The van der Waals surface area contributed by atoms with Gasteiger partial charge in [-0.25, -0.2) is 9.18 Å². The van der Waals surface area contributed by atoms with Crippen molar-refractivity contribution in [3.63, 3.8) is 0 Å². The number of nitrogens with zero attached hydrogens (tertiary/aromatic N) is 1. The van der Waals surface area contributed by atoms with Crippen LogP contribution in [0.4, 0.5) is 4.39 Å². The van der Waals surface area contributed by atoms with E-state index in [1.807, 2.05) is 0 Å². The molecule has 7 nitrogen and oxygen atoms in total. The molecule has 0 radical (unpaired) electrons. The van der Waals surface area contributed by atoms with Crippen LogP contribution in [0.2, 0.25) is 0 Å². The molecule has 1 aromatic heterocycles. The van der Waals surface area contributed by atoms with Crippen LogP contribution in [0.25, 0.3) is 23.0 Å². The molecule has 0 unspecified atom stereocenters. The molecule has 3 aromatic carbocycles. The van der Waals surface area contributed by atoms with Gasteiger partial charge in [0, 0.05) is 11.8 Å². The van der Waals surface area contributed by atoms with Crippen LogP contribution >= 0.6 is 0 Å². The third-order valence-electron chi connectivity index (χ3n) is 5.40. The van der Waals surface area contributed by atoms with Crippen molar-refractivity contribution < 1.29 is 23.4 Å². The maximum absolute atomic E-state index is 13.2. The zero-order valence-electron chi connectivity index (χ0n) is 19.4. The Balaban J connectivity index is 1.60. The van der Waals surface area contributed by atoms with Crippen LogP contribution < -0.4 is 19.9 Å². The Morgan fingerprint density at radius 2 is 1.63 bits per heavy atom. The summed E-state index contributed by atoms with van der Waals surface area (Å²) >= 11 is 0. The molecule has 0 atom stereocenters. The average molecular weight is 474 g/mol. The molecule has 35 heavy (non-hydrogen) atoms. The monoisotopic (exact) mass is 474 g/mol. The molecule has 0 saturated carbocycles. The molecular weight excluding hydrogens is 451 g/mol.